The lowest BCUT2D eigenvalue weighted by Gasteiger charge is -2.12. The fourth-order valence-corrected chi connectivity index (χ4v) is 1.52. The van der Waals surface area contributed by atoms with Crippen molar-refractivity contribution >= 4 is 17.5 Å². The summed E-state index contributed by atoms with van der Waals surface area (Å²) in [6, 6.07) is 6.98. The molecule has 1 aromatic heterocycles. The zero-order valence-electron chi connectivity index (χ0n) is 11.5. The van der Waals surface area contributed by atoms with E-state index in [-0.39, 0.29) is 16.9 Å². The van der Waals surface area contributed by atoms with Crippen LogP contribution in [-0.2, 0) is 5.41 Å². The number of halogens is 1. The summed E-state index contributed by atoms with van der Waals surface area (Å²) < 4.78 is 18.5. The highest BCUT2D eigenvalue weighted by molar-refractivity contribution is 5.99. The minimum absolute atomic E-state index is 0.101. The topological polar surface area (TPSA) is 67.2 Å². The molecule has 1 heterocycles. The second-order valence-corrected chi connectivity index (χ2v) is 5.39. The summed E-state index contributed by atoms with van der Waals surface area (Å²) in [6.07, 6.45) is 0. The van der Waals surface area contributed by atoms with Gasteiger partial charge in [-0.3, -0.25) is 5.32 Å². The van der Waals surface area contributed by atoms with Crippen LogP contribution in [-0.4, -0.2) is 11.2 Å². The Bertz CT molecular complexity index is 617. The van der Waals surface area contributed by atoms with E-state index < -0.39 is 11.8 Å². The van der Waals surface area contributed by atoms with Gasteiger partial charge in [0.1, 0.15) is 11.6 Å². The molecular formula is C14H16FN3O2. The first-order valence-electron chi connectivity index (χ1n) is 6.16. The normalized spacial score (nSPS) is 11.2. The lowest BCUT2D eigenvalue weighted by molar-refractivity contribution is 0.261. The fourth-order valence-electron chi connectivity index (χ4n) is 1.52. The molecule has 1 aromatic carbocycles. The molecule has 0 aliphatic carbocycles. The molecule has 0 aliphatic rings. The van der Waals surface area contributed by atoms with Crippen LogP contribution in [0.15, 0.2) is 34.9 Å². The van der Waals surface area contributed by atoms with Gasteiger partial charge in [-0.05, 0) is 12.1 Å². The van der Waals surface area contributed by atoms with E-state index in [0.29, 0.717) is 5.76 Å². The molecule has 0 atom stereocenters. The molecule has 0 saturated heterocycles. The first-order valence-corrected chi connectivity index (χ1v) is 6.16. The van der Waals surface area contributed by atoms with Crippen molar-refractivity contribution < 1.29 is 13.7 Å². The number of hydrogen-bond donors (Lipinski definition) is 2. The first-order chi connectivity index (χ1) is 9.36. The summed E-state index contributed by atoms with van der Waals surface area (Å²) in [6.45, 7) is 5.91. The summed E-state index contributed by atoms with van der Waals surface area (Å²) >= 11 is 0. The largest absolute Gasteiger partial charge is 0.359 e. The number of carbonyl (C=O) groups excluding carboxylic acids is 1. The van der Waals surface area contributed by atoms with Gasteiger partial charge in [-0.1, -0.05) is 38.1 Å². The molecule has 0 spiro atoms. The van der Waals surface area contributed by atoms with Crippen molar-refractivity contribution in [1.29, 1.82) is 0 Å². The third-order valence-electron chi connectivity index (χ3n) is 2.61. The molecule has 0 radical (unpaired) electrons. The highest BCUT2D eigenvalue weighted by Crippen LogP contribution is 2.24. The molecule has 0 fully saturated rings. The van der Waals surface area contributed by atoms with Gasteiger partial charge >= 0.3 is 6.03 Å². The summed E-state index contributed by atoms with van der Waals surface area (Å²) in [5.41, 5.74) is -0.0980. The first kappa shape index (κ1) is 14.0. The molecule has 0 bridgehead atoms. The zero-order valence-corrected chi connectivity index (χ0v) is 11.5. The number of benzene rings is 1. The highest BCUT2D eigenvalue weighted by atomic mass is 19.1. The van der Waals surface area contributed by atoms with Gasteiger partial charge in [0.15, 0.2) is 5.82 Å². The Kier molecular flexibility index (Phi) is 3.74. The van der Waals surface area contributed by atoms with E-state index in [2.05, 4.69) is 15.8 Å². The van der Waals surface area contributed by atoms with E-state index in [1.54, 1.807) is 18.2 Å². The predicted octanol–water partition coefficient (Wildman–Crippen LogP) is 3.76. The second-order valence-electron chi connectivity index (χ2n) is 5.39. The van der Waals surface area contributed by atoms with Gasteiger partial charge in [0.25, 0.3) is 0 Å². The van der Waals surface area contributed by atoms with Crippen LogP contribution in [0.5, 0.6) is 0 Å². The molecule has 2 rings (SSSR count). The Hall–Kier alpha value is -2.37. The van der Waals surface area contributed by atoms with Crippen LogP contribution < -0.4 is 10.6 Å². The van der Waals surface area contributed by atoms with Crippen molar-refractivity contribution in [1.82, 2.24) is 5.16 Å². The summed E-state index contributed by atoms with van der Waals surface area (Å²) in [4.78, 5) is 11.7. The third-order valence-corrected chi connectivity index (χ3v) is 2.61. The van der Waals surface area contributed by atoms with E-state index in [1.165, 1.54) is 12.1 Å². The monoisotopic (exact) mass is 277 g/mol. The van der Waals surface area contributed by atoms with Gasteiger partial charge in [0.05, 0.1) is 5.69 Å². The number of nitrogens with one attached hydrogen (secondary N) is 2. The number of aromatic nitrogens is 1. The van der Waals surface area contributed by atoms with Crippen LogP contribution in [0.4, 0.5) is 20.7 Å². The van der Waals surface area contributed by atoms with Crippen LogP contribution in [0, 0.1) is 5.82 Å². The van der Waals surface area contributed by atoms with Crippen molar-refractivity contribution in [3.63, 3.8) is 0 Å². The van der Waals surface area contributed by atoms with E-state index in [9.17, 15) is 9.18 Å². The molecule has 106 valence electrons. The van der Waals surface area contributed by atoms with Gasteiger partial charge in [-0.15, -0.1) is 0 Å². The number of rotatable bonds is 2. The lowest BCUT2D eigenvalue weighted by Crippen LogP contribution is -2.20. The average Bonchev–Trinajstić information content (AvgIpc) is 2.80. The number of para-hydroxylation sites is 1. The third kappa shape index (κ3) is 3.34. The second kappa shape index (κ2) is 5.32. The number of amides is 2. The van der Waals surface area contributed by atoms with Crippen LogP contribution in [0.25, 0.3) is 0 Å². The number of hydrogen-bond acceptors (Lipinski definition) is 3. The van der Waals surface area contributed by atoms with Crippen molar-refractivity contribution in [2.24, 2.45) is 0 Å². The number of urea groups is 1. The number of nitrogens with zero attached hydrogens (tertiary/aromatic N) is 1. The number of anilines is 2. The SMILES string of the molecule is CC(C)(C)c1cc(NC(=O)Nc2ccccc2F)no1. The van der Waals surface area contributed by atoms with Crippen LogP contribution in [0.2, 0.25) is 0 Å². The standard InChI is InChI=1S/C14H16FN3O2/c1-14(2,3)11-8-12(18-20-11)17-13(19)16-10-7-5-4-6-9(10)15/h4-8H,1-3H3,(H2,16,17,18,19). The smallest absolute Gasteiger partial charge is 0.325 e. The van der Waals surface area contributed by atoms with E-state index >= 15 is 0 Å². The summed E-state index contributed by atoms with van der Waals surface area (Å²) in [7, 11) is 0. The van der Waals surface area contributed by atoms with Crippen LogP contribution >= 0.6 is 0 Å². The molecule has 0 saturated carbocycles. The predicted molar refractivity (Wildman–Crippen MR) is 74.2 cm³/mol. The maximum Gasteiger partial charge on any atom is 0.325 e. The van der Waals surface area contributed by atoms with Gasteiger partial charge in [0, 0.05) is 11.5 Å². The Labute approximate surface area is 116 Å². The maximum atomic E-state index is 13.4. The quantitative estimate of drug-likeness (QED) is 0.878. The highest BCUT2D eigenvalue weighted by Gasteiger charge is 2.20. The van der Waals surface area contributed by atoms with Gasteiger partial charge in [-0.2, -0.15) is 0 Å². The Balaban J connectivity index is 2.02. The average molecular weight is 277 g/mol. The van der Waals surface area contributed by atoms with Gasteiger partial charge in [0.2, 0.25) is 0 Å². The van der Waals surface area contributed by atoms with E-state index in [1.807, 2.05) is 20.8 Å². The molecular weight excluding hydrogens is 261 g/mol. The molecule has 2 N–H and O–H groups in total. The Morgan fingerprint density at radius 1 is 1.25 bits per heavy atom. The molecule has 2 amide bonds. The molecule has 20 heavy (non-hydrogen) atoms. The van der Waals surface area contributed by atoms with Gasteiger partial charge in [-0.25, -0.2) is 9.18 Å². The molecule has 2 aromatic rings. The summed E-state index contributed by atoms with van der Waals surface area (Å²) in [5.74, 6) is 0.431. The lowest BCUT2D eigenvalue weighted by atomic mass is 9.93. The van der Waals surface area contributed by atoms with Crippen molar-refractivity contribution in [2.75, 3.05) is 10.6 Å². The minimum Gasteiger partial charge on any atom is -0.359 e. The zero-order chi connectivity index (χ0) is 14.8. The molecule has 6 heteroatoms. The molecule has 0 aliphatic heterocycles. The van der Waals surface area contributed by atoms with Crippen molar-refractivity contribution in [2.45, 2.75) is 26.2 Å². The van der Waals surface area contributed by atoms with E-state index in [0.717, 1.165) is 0 Å². The fraction of sp³-hybridized carbons (Fsp3) is 0.286. The number of carbonyl (C=O) groups is 1. The van der Waals surface area contributed by atoms with Crippen molar-refractivity contribution in [3.05, 3.63) is 41.9 Å². The van der Waals surface area contributed by atoms with Crippen LogP contribution in [0.1, 0.15) is 26.5 Å². The Morgan fingerprint density at radius 2 is 1.95 bits per heavy atom. The minimum atomic E-state index is -0.580. The van der Waals surface area contributed by atoms with Crippen molar-refractivity contribution in [3.8, 4) is 0 Å². The maximum absolute atomic E-state index is 13.4. The molecule has 5 nitrogen and oxygen atoms in total. The van der Waals surface area contributed by atoms with Crippen LogP contribution in [0.3, 0.4) is 0 Å². The Morgan fingerprint density at radius 3 is 2.55 bits per heavy atom. The molecule has 0 unspecified atom stereocenters. The van der Waals surface area contributed by atoms with Gasteiger partial charge < -0.3 is 9.84 Å². The summed E-state index contributed by atoms with van der Waals surface area (Å²) in [5, 5.41) is 8.63. The van der Waals surface area contributed by atoms with E-state index in [4.69, 9.17) is 4.52 Å².